The molecule has 25 heavy (non-hydrogen) atoms. The van der Waals surface area contributed by atoms with Crippen LogP contribution in [0.4, 0.5) is 5.82 Å². The van der Waals surface area contributed by atoms with Crippen molar-refractivity contribution in [3.8, 4) is 0 Å². The molecule has 0 amide bonds. The summed E-state index contributed by atoms with van der Waals surface area (Å²) in [4.78, 5) is 21.0. The van der Waals surface area contributed by atoms with Crippen LogP contribution in [-0.2, 0) is 28.8 Å². The van der Waals surface area contributed by atoms with Gasteiger partial charge in [-0.05, 0) is 46.6 Å². The van der Waals surface area contributed by atoms with E-state index in [2.05, 4.69) is 53.9 Å². The number of anilines is 1. The number of nitrogens with one attached hydrogen (secondary N) is 1. The summed E-state index contributed by atoms with van der Waals surface area (Å²) >= 11 is 2.24. The van der Waals surface area contributed by atoms with E-state index >= 15 is 0 Å². The molecule has 0 spiro atoms. The van der Waals surface area contributed by atoms with E-state index in [1.807, 2.05) is 12.1 Å². The second-order valence-corrected chi connectivity index (χ2v) is 7.16. The number of halogens is 1. The van der Waals surface area contributed by atoms with Gasteiger partial charge in [-0.2, -0.15) is 0 Å². The molecular formula is C19H22IN3O2. The molecule has 3 rings (SSSR count). The van der Waals surface area contributed by atoms with Gasteiger partial charge >= 0.3 is 5.97 Å². The monoisotopic (exact) mass is 451 g/mol. The van der Waals surface area contributed by atoms with Gasteiger partial charge in [0.2, 0.25) is 0 Å². The maximum atomic E-state index is 11.5. The molecule has 2 aromatic rings. The molecule has 132 valence electrons. The van der Waals surface area contributed by atoms with Crippen LogP contribution in [0.25, 0.3) is 0 Å². The summed E-state index contributed by atoms with van der Waals surface area (Å²) in [5, 5.41) is 3.52. The van der Waals surface area contributed by atoms with Gasteiger partial charge in [0.25, 0.3) is 0 Å². The molecule has 0 bridgehead atoms. The van der Waals surface area contributed by atoms with Crippen LogP contribution >= 0.6 is 22.6 Å². The summed E-state index contributed by atoms with van der Waals surface area (Å²) in [7, 11) is 0. The zero-order chi connectivity index (χ0) is 18.0. The molecule has 1 aromatic heterocycles. The average Bonchev–Trinajstić information content (AvgIpc) is 2.92. The van der Waals surface area contributed by atoms with E-state index in [1.165, 1.54) is 12.5 Å². The Labute approximate surface area is 161 Å². The average molecular weight is 451 g/mol. The third-order valence-corrected chi connectivity index (χ3v) is 5.32. The largest absolute Gasteiger partial charge is 0.460 e. The predicted octanol–water partition coefficient (Wildman–Crippen LogP) is 3.85. The Morgan fingerprint density at radius 2 is 1.96 bits per heavy atom. The maximum absolute atomic E-state index is 11.5. The van der Waals surface area contributed by atoms with Gasteiger partial charge < -0.3 is 10.1 Å². The minimum absolute atomic E-state index is 0.107. The van der Waals surface area contributed by atoms with Crippen molar-refractivity contribution < 1.29 is 9.53 Å². The molecule has 1 N–H and O–H groups in total. The van der Waals surface area contributed by atoms with Crippen LogP contribution in [0.5, 0.6) is 0 Å². The Morgan fingerprint density at radius 3 is 2.64 bits per heavy atom. The van der Waals surface area contributed by atoms with Crippen molar-refractivity contribution >= 4 is 34.4 Å². The highest BCUT2D eigenvalue weighted by Crippen LogP contribution is 2.36. The van der Waals surface area contributed by atoms with E-state index in [-0.39, 0.29) is 18.1 Å². The first-order chi connectivity index (χ1) is 12.0. The van der Waals surface area contributed by atoms with Crippen LogP contribution in [0.15, 0.2) is 24.3 Å². The summed E-state index contributed by atoms with van der Waals surface area (Å²) in [6, 6.07) is 8.10. The van der Waals surface area contributed by atoms with Crippen molar-refractivity contribution in [3.05, 3.63) is 50.5 Å². The fourth-order valence-electron chi connectivity index (χ4n) is 3.27. The lowest BCUT2D eigenvalue weighted by Gasteiger charge is -2.23. The Balaban J connectivity index is 1.98. The number of rotatable bonds is 5. The number of benzene rings is 1. The fraction of sp³-hybridized carbons (Fsp3) is 0.421. The zero-order valence-electron chi connectivity index (χ0n) is 14.7. The minimum atomic E-state index is -0.261. The van der Waals surface area contributed by atoms with Crippen LogP contribution in [0.3, 0.4) is 0 Å². The maximum Gasteiger partial charge on any atom is 0.302 e. The van der Waals surface area contributed by atoms with Gasteiger partial charge in [-0.25, -0.2) is 9.97 Å². The quantitative estimate of drug-likeness (QED) is 0.553. The zero-order valence-corrected chi connectivity index (χ0v) is 16.8. The van der Waals surface area contributed by atoms with Crippen LogP contribution < -0.4 is 5.32 Å². The molecule has 0 fully saturated rings. The van der Waals surface area contributed by atoms with Crippen LogP contribution in [0.1, 0.15) is 49.3 Å². The van der Waals surface area contributed by atoms with Crippen molar-refractivity contribution in [2.45, 2.75) is 52.2 Å². The van der Waals surface area contributed by atoms with Crippen LogP contribution in [-0.4, -0.2) is 22.0 Å². The number of aryl methyl sites for hydroxylation is 2. The van der Waals surface area contributed by atoms with Gasteiger partial charge in [0, 0.05) is 13.3 Å². The first-order valence-electron chi connectivity index (χ1n) is 8.60. The molecule has 0 aliphatic heterocycles. The topological polar surface area (TPSA) is 64.1 Å². The van der Waals surface area contributed by atoms with Crippen molar-refractivity contribution in [1.82, 2.24) is 9.97 Å². The second kappa shape index (κ2) is 7.68. The molecular weight excluding hydrogens is 429 g/mol. The van der Waals surface area contributed by atoms with E-state index in [0.717, 1.165) is 39.3 Å². The smallest absolute Gasteiger partial charge is 0.302 e. The van der Waals surface area contributed by atoms with Crippen LogP contribution in [0.2, 0.25) is 0 Å². The second-order valence-electron chi connectivity index (χ2n) is 6.14. The Hall–Kier alpha value is -1.70. The lowest BCUT2D eigenvalue weighted by Crippen LogP contribution is -2.27. The molecule has 0 unspecified atom stereocenters. The molecule has 6 heteroatoms. The minimum Gasteiger partial charge on any atom is -0.460 e. The Bertz CT molecular complexity index is 794. The SMILES string of the molecule is CCc1nc(N[C@@H]2c3ccccc3C[C@@H]2OC(C)=O)c(CC)nc1I. The third kappa shape index (κ3) is 3.78. The highest BCUT2D eigenvalue weighted by atomic mass is 127. The van der Waals surface area contributed by atoms with Gasteiger partial charge in [0.15, 0.2) is 0 Å². The van der Waals surface area contributed by atoms with Crippen molar-refractivity contribution in [2.75, 3.05) is 5.32 Å². The predicted molar refractivity (Wildman–Crippen MR) is 106 cm³/mol. The van der Waals surface area contributed by atoms with Gasteiger partial charge in [-0.1, -0.05) is 38.1 Å². The lowest BCUT2D eigenvalue weighted by atomic mass is 10.1. The molecule has 1 aliphatic rings. The van der Waals surface area contributed by atoms with Gasteiger partial charge in [-0.3, -0.25) is 4.79 Å². The van der Waals surface area contributed by atoms with Gasteiger partial charge in [-0.15, -0.1) is 0 Å². The number of nitrogens with zero attached hydrogens (tertiary/aromatic N) is 2. The molecule has 1 aliphatic carbocycles. The van der Waals surface area contributed by atoms with E-state index in [9.17, 15) is 4.79 Å². The summed E-state index contributed by atoms with van der Waals surface area (Å²) in [5.41, 5.74) is 4.29. The van der Waals surface area contributed by atoms with Crippen molar-refractivity contribution in [1.29, 1.82) is 0 Å². The molecule has 0 saturated carbocycles. The molecule has 2 atom stereocenters. The summed E-state index contributed by atoms with van der Waals surface area (Å²) in [6.07, 6.45) is 2.11. The summed E-state index contributed by atoms with van der Waals surface area (Å²) in [5.74, 6) is 0.530. The summed E-state index contributed by atoms with van der Waals surface area (Å²) in [6.45, 7) is 5.61. The Morgan fingerprint density at radius 1 is 1.24 bits per heavy atom. The van der Waals surface area contributed by atoms with Crippen molar-refractivity contribution in [2.24, 2.45) is 0 Å². The molecule has 0 radical (unpaired) electrons. The molecule has 1 aromatic carbocycles. The molecule has 5 nitrogen and oxygen atoms in total. The van der Waals surface area contributed by atoms with Gasteiger partial charge in [0.1, 0.15) is 15.6 Å². The number of aromatic nitrogens is 2. The molecule has 0 saturated heterocycles. The lowest BCUT2D eigenvalue weighted by molar-refractivity contribution is -0.146. The number of fused-ring (bicyclic) bond motifs is 1. The number of ether oxygens (including phenoxy) is 1. The third-order valence-electron chi connectivity index (χ3n) is 4.45. The van der Waals surface area contributed by atoms with Crippen molar-refractivity contribution in [3.63, 3.8) is 0 Å². The fourth-order valence-corrected chi connectivity index (χ4v) is 4.06. The number of hydrogen-bond donors (Lipinski definition) is 1. The molecule has 1 heterocycles. The Kier molecular flexibility index (Phi) is 5.56. The number of hydrogen-bond acceptors (Lipinski definition) is 5. The normalized spacial score (nSPS) is 18.7. The van der Waals surface area contributed by atoms with E-state index in [4.69, 9.17) is 14.7 Å². The highest BCUT2D eigenvalue weighted by Gasteiger charge is 2.35. The standard InChI is InChI=1S/C19H22IN3O2/c1-4-14-18(20)21-15(5-2)19(22-14)23-17-13-9-7-6-8-12(13)10-16(17)25-11(3)24/h6-9,16-17H,4-5,10H2,1-3H3,(H,22,23)/t16-,17+/m0/s1. The first-order valence-corrected chi connectivity index (χ1v) is 9.68. The first kappa shape index (κ1) is 18.1. The number of carbonyl (C=O) groups excluding carboxylic acids is 1. The highest BCUT2D eigenvalue weighted by molar-refractivity contribution is 14.1. The van der Waals surface area contributed by atoms with E-state index < -0.39 is 0 Å². The van der Waals surface area contributed by atoms with E-state index in [1.54, 1.807) is 0 Å². The van der Waals surface area contributed by atoms with Crippen LogP contribution in [0, 0.1) is 3.70 Å². The van der Waals surface area contributed by atoms with Gasteiger partial charge in [0.05, 0.1) is 17.4 Å². The summed E-state index contributed by atoms with van der Waals surface area (Å²) < 4.78 is 6.53. The number of esters is 1. The number of carbonyl (C=O) groups is 1. The van der Waals surface area contributed by atoms with E-state index in [0.29, 0.717) is 6.42 Å².